The van der Waals surface area contributed by atoms with Gasteiger partial charge in [0, 0.05) is 28.7 Å². The molecule has 33 heavy (non-hydrogen) atoms. The smallest absolute Gasteiger partial charge is 0.271 e. The zero-order valence-electron chi connectivity index (χ0n) is 19.1. The summed E-state index contributed by atoms with van der Waals surface area (Å²) in [6.07, 6.45) is 7.68. The van der Waals surface area contributed by atoms with Crippen molar-refractivity contribution in [1.29, 1.82) is 0 Å². The highest BCUT2D eigenvalue weighted by Crippen LogP contribution is 2.57. The van der Waals surface area contributed by atoms with Crippen LogP contribution in [-0.2, 0) is 0 Å². The molecule has 7 rings (SSSR count). The van der Waals surface area contributed by atoms with Gasteiger partial charge in [-0.3, -0.25) is 9.59 Å². The van der Waals surface area contributed by atoms with Crippen LogP contribution in [0.25, 0.3) is 5.65 Å². The molecule has 4 saturated carbocycles. The summed E-state index contributed by atoms with van der Waals surface area (Å²) in [5.74, 6) is 0.793. The van der Waals surface area contributed by atoms with Crippen molar-refractivity contribution in [2.24, 2.45) is 11.8 Å². The van der Waals surface area contributed by atoms with Gasteiger partial charge in [-0.25, -0.2) is 9.97 Å². The average molecular weight is 444 g/mol. The highest BCUT2D eigenvalue weighted by Gasteiger charge is 2.59. The molecule has 2 atom stereocenters. The van der Waals surface area contributed by atoms with E-state index in [1.807, 2.05) is 54.8 Å². The predicted molar refractivity (Wildman–Crippen MR) is 124 cm³/mol. The van der Waals surface area contributed by atoms with Crippen LogP contribution in [0.15, 0.2) is 42.6 Å². The molecule has 0 aliphatic heterocycles. The normalized spacial score (nSPS) is 29.9. The van der Waals surface area contributed by atoms with Crippen molar-refractivity contribution in [1.82, 2.24) is 25.0 Å². The Morgan fingerprint density at radius 2 is 1.52 bits per heavy atom. The van der Waals surface area contributed by atoms with Crippen molar-refractivity contribution in [3.05, 3.63) is 65.4 Å². The van der Waals surface area contributed by atoms with Gasteiger partial charge in [-0.2, -0.15) is 0 Å². The van der Waals surface area contributed by atoms with Gasteiger partial charge in [-0.05, 0) is 88.5 Å². The Hall–Kier alpha value is -3.22. The zero-order chi connectivity index (χ0) is 22.8. The molecule has 3 aromatic rings. The molecular formula is C26H29N5O2. The Morgan fingerprint density at radius 3 is 2.15 bits per heavy atom. The van der Waals surface area contributed by atoms with Crippen molar-refractivity contribution < 1.29 is 9.59 Å². The molecule has 3 heterocycles. The average Bonchev–Trinajstić information content (AvgIpc) is 3.18. The molecule has 4 aliphatic carbocycles. The Bertz CT molecular complexity index is 1260. The summed E-state index contributed by atoms with van der Waals surface area (Å²) in [6, 6.07) is 11.4. The second-order valence-corrected chi connectivity index (χ2v) is 10.6. The second kappa shape index (κ2) is 7.14. The first-order valence-electron chi connectivity index (χ1n) is 11.9. The number of carbonyl (C=O) groups is 2. The van der Waals surface area contributed by atoms with Gasteiger partial charge in [0.1, 0.15) is 17.0 Å². The molecule has 3 aromatic heterocycles. The summed E-state index contributed by atoms with van der Waals surface area (Å²) in [4.78, 5) is 35.4. The molecular weight excluding hydrogens is 414 g/mol. The Labute approximate surface area is 193 Å². The number of aromatic nitrogens is 3. The first kappa shape index (κ1) is 20.4. The van der Waals surface area contributed by atoms with Gasteiger partial charge in [0.2, 0.25) is 0 Å². The number of imidazole rings is 1. The van der Waals surface area contributed by atoms with Crippen molar-refractivity contribution in [3.63, 3.8) is 0 Å². The van der Waals surface area contributed by atoms with E-state index in [4.69, 9.17) is 0 Å². The van der Waals surface area contributed by atoms with E-state index in [9.17, 15) is 9.59 Å². The maximum atomic E-state index is 13.3. The number of aryl methyl sites for hydroxylation is 2. The van der Waals surface area contributed by atoms with Crippen LogP contribution in [0.2, 0.25) is 0 Å². The number of rotatable bonds is 4. The van der Waals surface area contributed by atoms with E-state index in [1.165, 1.54) is 6.42 Å². The number of hydrogen-bond donors (Lipinski definition) is 2. The summed E-state index contributed by atoms with van der Waals surface area (Å²) in [7, 11) is 0. The number of nitrogens with one attached hydrogen (secondary N) is 2. The van der Waals surface area contributed by atoms with Crippen molar-refractivity contribution in [3.8, 4) is 0 Å². The number of carbonyl (C=O) groups excluding carboxylic acids is 2. The lowest BCUT2D eigenvalue weighted by Crippen LogP contribution is -2.69. The molecule has 170 valence electrons. The van der Waals surface area contributed by atoms with E-state index < -0.39 is 0 Å². The maximum Gasteiger partial charge on any atom is 0.271 e. The SMILES string of the molecule is Cc1cccc(C(=O)NC23CC4CC(C2)CC(NC(=O)c2cn5c(C)cccc5n2)(C4)C3)n1. The zero-order valence-corrected chi connectivity index (χ0v) is 19.1. The molecule has 0 radical (unpaired) electrons. The standard InChI is InChI=1S/C26H29N5O2/c1-16-5-3-7-20(27-16)23(32)29-25-10-18-9-19(11-25)13-26(12-18,15-25)30-24(33)21-14-31-17(2)6-4-8-22(31)28-21/h3-8,14,18-19H,9-13,15H2,1-2H3,(H,29,32)(H,30,33). The van der Waals surface area contributed by atoms with Crippen LogP contribution < -0.4 is 10.6 Å². The summed E-state index contributed by atoms with van der Waals surface area (Å²) < 4.78 is 1.95. The number of amides is 2. The van der Waals surface area contributed by atoms with Gasteiger partial charge in [-0.1, -0.05) is 12.1 Å². The summed E-state index contributed by atoms with van der Waals surface area (Å²) in [5.41, 5.74) is 2.99. The van der Waals surface area contributed by atoms with Gasteiger partial charge in [0.05, 0.1) is 0 Å². The van der Waals surface area contributed by atoms with E-state index in [-0.39, 0.29) is 22.9 Å². The fraction of sp³-hybridized carbons (Fsp3) is 0.462. The molecule has 7 heteroatoms. The molecule has 0 saturated heterocycles. The Morgan fingerprint density at radius 1 is 0.879 bits per heavy atom. The fourth-order valence-electron chi connectivity index (χ4n) is 7.09. The molecule has 4 aliphatic rings. The number of pyridine rings is 2. The molecule has 0 spiro atoms. The third kappa shape index (κ3) is 3.50. The third-order valence-corrected chi connectivity index (χ3v) is 7.87. The fourth-order valence-corrected chi connectivity index (χ4v) is 7.09. The molecule has 0 aromatic carbocycles. The minimum absolute atomic E-state index is 0.113. The Balaban J connectivity index is 1.25. The van der Waals surface area contributed by atoms with E-state index in [0.717, 1.165) is 49.1 Å². The van der Waals surface area contributed by atoms with Crippen LogP contribution in [-0.4, -0.2) is 37.3 Å². The van der Waals surface area contributed by atoms with E-state index in [2.05, 4.69) is 20.6 Å². The van der Waals surface area contributed by atoms with Gasteiger partial charge in [-0.15, -0.1) is 0 Å². The minimum Gasteiger partial charge on any atom is -0.345 e. The van der Waals surface area contributed by atoms with Crippen LogP contribution in [0.5, 0.6) is 0 Å². The Kier molecular flexibility index (Phi) is 4.41. The first-order valence-corrected chi connectivity index (χ1v) is 11.9. The van der Waals surface area contributed by atoms with Crippen LogP contribution in [0.4, 0.5) is 0 Å². The van der Waals surface area contributed by atoms with Crippen LogP contribution in [0, 0.1) is 25.7 Å². The number of hydrogen-bond acceptors (Lipinski definition) is 4. The van der Waals surface area contributed by atoms with E-state index in [1.54, 1.807) is 6.07 Å². The summed E-state index contributed by atoms with van der Waals surface area (Å²) in [5, 5.41) is 6.75. The monoisotopic (exact) mass is 443 g/mol. The second-order valence-electron chi connectivity index (χ2n) is 10.6. The van der Waals surface area contributed by atoms with Crippen LogP contribution in [0.3, 0.4) is 0 Å². The highest BCUT2D eigenvalue weighted by atomic mass is 16.2. The maximum absolute atomic E-state index is 13.3. The largest absolute Gasteiger partial charge is 0.345 e. The number of fused-ring (bicyclic) bond motifs is 1. The quantitative estimate of drug-likeness (QED) is 0.645. The van der Waals surface area contributed by atoms with E-state index in [0.29, 0.717) is 23.2 Å². The van der Waals surface area contributed by atoms with Crippen LogP contribution in [0.1, 0.15) is 70.9 Å². The third-order valence-electron chi connectivity index (χ3n) is 7.87. The summed E-state index contributed by atoms with van der Waals surface area (Å²) in [6.45, 7) is 3.90. The number of nitrogens with zero attached hydrogens (tertiary/aromatic N) is 3. The van der Waals surface area contributed by atoms with Gasteiger partial charge in [0.15, 0.2) is 0 Å². The molecule has 2 N–H and O–H groups in total. The molecule has 4 bridgehead atoms. The van der Waals surface area contributed by atoms with Crippen molar-refractivity contribution >= 4 is 17.5 Å². The first-order chi connectivity index (χ1) is 15.8. The lowest BCUT2D eigenvalue weighted by atomic mass is 9.49. The van der Waals surface area contributed by atoms with Gasteiger partial charge in [0.25, 0.3) is 11.8 Å². The molecule has 7 nitrogen and oxygen atoms in total. The van der Waals surface area contributed by atoms with Crippen molar-refractivity contribution in [2.45, 2.75) is 63.5 Å². The molecule has 2 amide bonds. The van der Waals surface area contributed by atoms with Gasteiger partial charge >= 0.3 is 0 Å². The topological polar surface area (TPSA) is 88.4 Å². The lowest BCUT2D eigenvalue weighted by molar-refractivity contribution is -0.0449. The minimum atomic E-state index is -0.292. The summed E-state index contributed by atoms with van der Waals surface area (Å²) >= 11 is 0. The van der Waals surface area contributed by atoms with E-state index >= 15 is 0 Å². The predicted octanol–water partition coefficient (Wildman–Crippen LogP) is 3.60. The highest BCUT2D eigenvalue weighted by molar-refractivity contribution is 5.94. The molecule has 2 unspecified atom stereocenters. The molecule has 4 fully saturated rings. The van der Waals surface area contributed by atoms with Crippen LogP contribution >= 0.6 is 0 Å². The lowest BCUT2D eigenvalue weighted by Gasteiger charge is -2.62. The van der Waals surface area contributed by atoms with Gasteiger partial charge < -0.3 is 15.0 Å². The van der Waals surface area contributed by atoms with Crippen molar-refractivity contribution in [2.75, 3.05) is 0 Å².